The summed E-state index contributed by atoms with van der Waals surface area (Å²) in [6.45, 7) is 7.29. The van der Waals surface area contributed by atoms with Gasteiger partial charge in [0.1, 0.15) is 0 Å². The number of benzene rings is 2. The van der Waals surface area contributed by atoms with Gasteiger partial charge in [-0.2, -0.15) is 0 Å². The first-order chi connectivity index (χ1) is 13.7. The highest BCUT2D eigenvalue weighted by atomic mass is 16.3. The van der Waals surface area contributed by atoms with Gasteiger partial charge in [0.05, 0.1) is 35.6 Å². The highest BCUT2D eigenvalue weighted by Crippen LogP contribution is 2.26. The molecule has 2 aromatic carbocycles. The van der Waals surface area contributed by atoms with Crippen molar-refractivity contribution in [1.29, 1.82) is 0 Å². The molecule has 29 heavy (non-hydrogen) atoms. The van der Waals surface area contributed by atoms with Crippen molar-refractivity contribution in [3.8, 4) is 0 Å². The first kappa shape index (κ1) is 20.5. The molecule has 1 heterocycles. The summed E-state index contributed by atoms with van der Waals surface area (Å²) in [4.78, 5) is 29.1. The molecule has 0 saturated carbocycles. The second-order valence-corrected chi connectivity index (χ2v) is 8.04. The molecular weight excluding hydrogens is 368 g/mol. The summed E-state index contributed by atoms with van der Waals surface area (Å²) in [7, 11) is 0. The second kappa shape index (κ2) is 8.05. The third-order valence-electron chi connectivity index (χ3n) is 4.59. The molecule has 0 aliphatic rings. The van der Waals surface area contributed by atoms with Crippen molar-refractivity contribution in [2.45, 2.75) is 45.9 Å². The smallest absolute Gasteiger partial charge is 0.319 e. The summed E-state index contributed by atoms with van der Waals surface area (Å²) in [6.07, 6.45) is 1.28. The number of amides is 2. The first-order valence-corrected chi connectivity index (χ1v) is 9.49. The average molecular weight is 394 g/mol. The number of anilines is 1. The molecule has 0 aliphatic carbocycles. The SMILES string of the molecule is C[C@@H](c1ccccc1)n1c(=O)cnc2cc(NC(=O)NC(C)(C)C)c(CO)cc21. The molecular formula is C22H26N4O3. The van der Waals surface area contributed by atoms with E-state index in [0.717, 1.165) is 5.56 Å². The molecule has 3 N–H and O–H groups in total. The number of nitrogens with zero attached hydrogens (tertiary/aromatic N) is 2. The molecule has 7 nitrogen and oxygen atoms in total. The molecule has 0 bridgehead atoms. The van der Waals surface area contributed by atoms with Gasteiger partial charge in [-0.25, -0.2) is 9.78 Å². The summed E-state index contributed by atoms with van der Waals surface area (Å²) >= 11 is 0. The van der Waals surface area contributed by atoms with Crippen molar-refractivity contribution >= 4 is 22.8 Å². The van der Waals surface area contributed by atoms with Crippen molar-refractivity contribution in [2.75, 3.05) is 5.32 Å². The molecule has 0 fully saturated rings. The molecule has 3 rings (SSSR count). The molecule has 0 saturated heterocycles. The molecule has 0 radical (unpaired) electrons. The number of rotatable bonds is 4. The number of hydrogen-bond acceptors (Lipinski definition) is 4. The van der Waals surface area contributed by atoms with Gasteiger partial charge in [0.15, 0.2) is 0 Å². The molecule has 2 amide bonds. The van der Waals surface area contributed by atoms with Crippen LogP contribution in [0.4, 0.5) is 10.5 Å². The van der Waals surface area contributed by atoms with Crippen LogP contribution in [0.3, 0.4) is 0 Å². The molecule has 152 valence electrons. The minimum absolute atomic E-state index is 0.219. The molecule has 7 heteroatoms. The van der Waals surface area contributed by atoms with E-state index in [1.54, 1.807) is 16.7 Å². The van der Waals surface area contributed by atoms with E-state index >= 15 is 0 Å². The quantitative estimate of drug-likeness (QED) is 0.632. The fourth-order valence-electron chi connectivity index (χ4n) is 3.24. The Hall–Kier alpha value is -3.19. The number of carbonyl (C=O) groups is 1. The Morgan fingerprint density at radius 1 is 1.21 bits per heavy atom. The van der Waals surface area contributed by atoms with E-state index in [2.05, 4.69) is 15.6 Å². The minimum atomic E-state index is -0.399. The predicted octanol–water partition coefficient (Wildman–Crippen LogP) is 3.42. The Labute approximate surface area is 169 Å². The zero-order valence-electron chi connectivity index (χ0n) is 17.1. The molecule has 0 spiro atoms. The second-order valence-electron chi connectivity index (χ2n) is 8.04. The number of aliphatic hydroxyl groups excluding tert-OH is 1. The Morgan fingerprint density at radius 3 is 2.52 bits per heavy atom. The molecule has 3 aromatic rings. The summed E-state index contributed by atoms with van der Waals surface area (Å²) < 4.78 is 1.65. The maximum atomic E-state index is 12.6. The van der Waals surface area contributed by atoms with Gasteiger partial charge < -0.3 is 15.7 Å². The van der Waals surface area contributed by atoms with E-state index in [1.807, 2.05) is 58.0 Å². The highest BCUT2D eigenvalue weighted by Gasteiger charge is 2.18. The van der Waals surface area contributed by atoms with Gasteiger partial charge in [-0.3, -0.25) is 9.36 Å². The number of carbonyl (C=O) groups excluding carboxylic acids is 1. The van der Waals surface area contributed by atoms with Crippen molar-refractivity contribution in [2.24, 2.45) is 0 Å². The lowest BCUT2D eigenvalue weighted by Crippen LogP contribution is -2.43. The van der Waals surface area contributed by atoms with Gasteiger partial charge in [-0.15, -0.1) is 0 Å². The number of aromatic nitrogens is 2. The van der Waals surface area contributed by atoms with Crippen LogP contribution in [0, 0.1) is 0 Å². The van der Waals surface area contributed by atoms with E-state index in [-0.39, 0.29) is 24.2 Å². The first-order valence-electron chi connectivity index (χ1n) is 9.49. The summed E-state index contributed by atoms with van der Waals surface area (Å²) in [6, 6.07) is 12.5. The van der Waals surface area contributed by atoms with Gasteiger partial charge >= 0.3 is 6.03 Å². The molecule has 0 unspecified atom stereocenters. The number of urea groups is 1. The van der Waals surface area contributed by atoms with Crippen molar-refractivity contribution in [3.05, 3.63) is 70.1 Å². The van der Waals surface area contributed by atoms with Crippen LogP contribution in [0.1, 0.15) is 44.9 Å². The Bertz CT molecular complexity index is 1080. The Balaban J connectivity index is 2.08. The predicted molar refractivity (Wildman–Crippen MR) is 114 cm³/mol. The van der Waals surface area contributed by atoms with Crippen molar-refractivity contribution < 1.29 is 9.90 Å². The minimum Gasteiger partial charge on any atom is -0.392 e. The lowest BCUT2D eigenvalue weighted by atomic mass is 10.1. The number of nitrogens with one attached hydrogen (secondary N) is 2. The lowest BCUT2D eigenvalue weighted by molar-refractivity contribution is 0.243. The van der Waals surface area contributed by atoms with Gasteiger partial charge in [-0.05, 0) is 45.4 Å². The van der Waals surface area contributed by atoms with Crippen LogP contribution in [0.15, 0.2) is 53.5 Å². The summed E-state index contributed by atoms with van der Waals surface area (Å²) in [5.74, 6) is 0. The maximum Gasteiger partial charge on any atom is 0.319 e. The van der Waals surface area contributed by atoms with Gasteiger partial charge in [-0.1, -0.05) is 30.3 Å². The third kappa shape index (κ3) is 4.63. The van der Waals surface area contributed by atoms with Crippen LogP contribution in [-0.4, -0.2) is 26.2 Å². The van der Waals surface area contributed by atoms with Gasteiger partial charge in [0, 0.05) is 11.1 Å². The Kier molecular flexibility index (Phi) is 5.70. The summed E-state index contributed by atoms with van der Waals surface area (Å²) in [5, 5.41) is 15.4. The van der Waals surface area contributed by atoms with E-state index in [0.29, 0.717) is 22.3 Å². The summed E-state index contributed by atoms with van der Waals surface area (Å²) in [5.41, 5.74) is 2.46. The van der Waals surface area contributed by atoms with E-state index in [9.17, 15) is 14.7 Å². The molecule has 1 aromatic heterocycles. The van der Waals surface area contributed by atoms with Crippen LogP contribution in [0.25, 0.3) is 11.0 Å². The van der Waals surface area contributed by atoms with Crippen LogP contribution < -0.4 is 16.2 Å². The number of fused-ring (bicyclic) bond motifs is 1. The van der Waals surface area contributed by atoms with Crippen molar-refractivity contribution in [3.63, 3.8) is 0 Å². The third-order valence-corrected chi connectivity index (χ3v) is 4.59. The van der Waals surface area contributed by atoms with Gasteiger partial charge in [0.25, 0.3) is 5.56 Å². The zero-order chi connectivity index (χ0) is 21.2. The number of aliphatic hydroxyl groups is 1. The van der Waals surface area contributed by atoms with Crippen LogP contribution in [-0.2, 0) is 6.61 Å². The topological polar surface area (TPSA) is 96.2 Å². The Morgan fingerprint density at radius 2 is 1.90 bits per heavy atom. The van der Waals surface area contributed by atoms with Crippen LogP contribution in [0.2, 0.25) is 0 Å². The zero-order valence-corrected chi connectivity index (χ0v) is 17.1. The van der Waals surface area contributed by atoms with Crippen molar-refractivity contribution in [1.82, 2.24) is 14.9 Å². The monoisotopic (exact) mass is 394 g/mol. The standard InChI is InChI=1S/C22H26N4O3/c1-14(15-8-6-5-7-9-15)26-19-10-16(13-27)17(11-18(19)23-12-20(26)28)24-21(29)25-22(2,3)4/h5-12,14,27H,13H2,1-4H3,(H2,24,25,29)/t14-/m0/s1. The van der Waals surface area contributed by atoms with Crippen LogP contribution in [0.5, 0.6) is 0 Å². The average Bonchev–Trinajstić information content (AvgIpc) is 2.66. The maximum absolute atomic E-state index is 12.6. The van der Waals surface area contributed by atoms with E-state index in [1.165, 1.54) is 6.20 Å². The normalized spacial score (nSPS) is 12.6. The van der Waals surface area contributed by atoms with E-state index < -0.39 is 5.54 Å². The van der Waals surface area contributed by atoms with Crippen LogP contribution >= 0.6 is 0 Å². The fourth-order valence-corrected chi connectivity index (χ4v) is 3.24. The lowest BCUT2D eigenvalue weighted by Gasteiger charge is -2.22. The van der Waals surface area contributed by atoms with E-state index in [4.69, 9.17) is 0 Å². The van der Waals surface area contributed by atoms with Gasteiger partial charge in [0.2, 0.25) is 0 Å². The largest absolute Gasteiger partial charge is 0.392 e. The molecule has 0 aliphatic heterocycles. The molecule has 1 atom stereocenters. The fraction of sp³-hybridized carbons (Fsp3) is 0.318. The number of hydrogen-bond donors (Lipinski definition) is 3. The highest BCUT2D eigenvalue weighted by molar-refractivity contribution is 5.93.